The molecule has 7 nitrogen and oxygen atoms in total. The van der Waals surface area contributed by atoms with Gasteiger partial charge in [0, 0.05) is 13.5 Å². The third kappa shape index (κ3) is 18.7. The van der Waals surface area contributed by atoms with Crippen molar-refractivity contribution < 1.29 is 19.5 Å². The van der Waals surface area contributed by atoms with Crippen molar-refractivity contribution in [2.45, 2.75) is 46.6 Å². The molecule has 0 heterocycles. The average molecular weight is 296 g/mol. The van der Waals surface area contributed by atoms with Crippen molar-refractivity contribution in [3.63, 3.8) is 0 Å². The van der Waals surface area contributed by atoms with Gasteiger partial charge in [0.15, 0.2) is 0 Å². The van der Waals surface area contributed by atoms with Gasteiger partial charge in [0.05, 0.1) is 12.5 Å². The van der Waals surface area contributed by atoms with Crippen LogP contribution in [-0.2, 0) is 14.4 Å². The van der Waals surface area contributed by atoms with Gasteiger partial charge in [-0.1, -0.05) is 20.8 Å². The predicted octanol–water partition coefficient (Wildman–Crippen LogP) is 0.435. The van der Waals surface area contributed by atoms with Crippen molar-refractivity contribution in [3.8, 4) is 0 Å². The molecule has 0 rings (SSSR count). The Balaban J connectivity index is -0.000000410. The molecule has 0 aromatic rings. The molecule has 120 valence electrons. The fourth-order valence-electron chi connectivity index (χ4n) is 1.20. The molecule has 0 aromatic carbocycles. The van der Waals surface area contributed by atoms with Crippen molar-refractivity contribution >= 4 is 17.8 Å². The molecule has 0 radical (unpaired) electrons. The van der Waals surface area contributed by atoms with Crippen LogP contribution in [-0.4, -0.2) is 54.5 Å². The van der Waals surface area contributed by atoms with Gasteiger partial charge in [-0.3, -0.25) is 19.3 Å². The number of amides is 2. The van der Waals surface area contributed by atoms with Crippen LogP contribution in [0.25, 0.3) is 0 Å². The number of nitrogens with one attached hydrogen (secondary N) is 1. The first kappa shape index (κ1) is 23.5. The molecular formula is C13H29N3O4. The minimum atomic E-state index is -0.900. The predicted molar refractivity (Wildman–Crippen MR) is 79.2 cm³/mol. The summed E-state index contributed by atoms with van der Waals surface area (Å²) in [5.74, 6) is -1.35. The lowest BCUT2D eigenvalue weighted by molar-refractivity contribution is -0.137. The van der Waals surface area contributed by atoms with Gasteiger partial charge in [0.1, 0.15) is 0 Å². The summed E-state index contributed by atoms with van der Waals surface area (Å²) in [4.78, 5) is 32.7. The summed E-state index contributed by atoms with van der Waals surface area (Å²) in [6.45, 7) is 7.42. The highest BCUT2D eigenvalue weighted by molar-refractivity contribution is 5.82. The maximum absolute atomic E-state index is 11.5. The van der Waals surface area contributed by atoms with Crippen molar-refractivity contribution in [1.82, 2.24) is 10.2 Å². The molecule has 0 aliphatic carbocycles. The van der Waals surface area contributed by atoms with Gasteiger partial charge in [-0.05, 0) is 20.5 Å². The molecule has 0 bridgehead atoms. The monoisotopic (exact) mass is 296 g/mol. The number of nitrogens with zero attached hydrogens (tertiary/aromatic N) is 1. The van der Waals surface area contributed by atoms with Crippen LogP contribution in [0.1, 0.15) is 40.5 Å². The standard InChI is InChI=1S/C9H18N2O3.C2H5NO.C2H6/c1-4-7(11(2)3)9(14)10-6-5-8(12)13;1-2(3)4;1-2/h7H,4-6H2,1-3H3,(H,10,14)(H,12,13);1H3,(H2,3,4);1-2H3/i1+1,4+1;2+1;1+1,2+1. The van der Waals surface area contributed by atoms with Crippen LogP contribution < -0.4 is 11.1 Å². The quantitative estimate of drug-likeness (QED) is 0.615. The van der Waals surface area contributed by atoms with E-state index in [9.17, 15) is 14.4 Å². The molecule has 1 atom stereocenters. The van der Waals surface area contributed by atoms with Crippen molar-refractivity contribution in [1.29, 1.82) is 0 Å². The van der Waals surface area contributed by atoms with Crippen LogP contribution in [0.4, 0.5) is 0 Å². The zero-order valence-electron chi connectivity index (χ0n) is 13.4. The van der Waals surface area contributed by atoms with Crippen LogP contribution in [0, 0.1) is 0 Å². The summed E-state index contributed by atoms with van der Waals surface area (Å²) in [5, 5.41) is 11.0. The Labute approximate surface area is 121 Å². The lowest BCUT2D eigenvalue weighted by Gasteiger charge is -2.21. The maximum Gasteiger partial charge on any atom is 0.305 e. The Morgan fingerprint density at radius 2 is 1.65 bits per heavy atom. The van der Waals surface area contributed by atoms with Gasteiger partial charge < -0.3 is 16.2 Å². The Morgan fingerprint density at radius 1 is 1.25 bits per heavy atom. The summed E-state index contributed by atoms with van der Waals surface area (Å²) in [7, 11) is 3.65. The molecular weight excluding hydrogens is 267 g/mol. The van der Waals surface area contributed by atoms with E-state index in [1.165, 1.54) is 6.92 Å². The highest BCUT2D eigenvalue weighted by Gasteiger charge is 2.17. The lowest BCUT2D eigenvalue weighted by Crippen LogP contribution is -2.43. The van der Waals surface area contributed by atoms with E-state index in [0.29, 0.717) is 6.42 Å². The first-order valence-corrected chi connectivity index (χ1v) is 6.64. The molecule has 0 saturated carbocycles. The molecule has 7 heteroatoms. The summed E-state index contributed by atoms with van der Waals surface area (Å²) in [6.07, 6.45) is 0.682. The SMILES string of the molecule is CN(C)C([13CH2][13CH3])C(=O)NCCC(=O)O.C[13C](N)=O.[13CH3][13CH3]. The van der Waals surface area contributed by atoms with E-state index >= 15 is 0 Å². The lowest BCUT2D eigenvalue weighted by atomic mass is 10.3. The summed E-state index contributed by atoms with van der Waals surface area (Å²) in [5.41, 5.74) is 4.47. The smallest absolute Gasteiger partial charge is 0.305 e. The normalized spacial score (nSPS) is 10.3. The summed E-state index contributed by atoms with van der Waals surface area (Å²) >= 11 is 0. The zero-order chi connectivity index (χ0) is 16.7. The number of carboxylic acid groups (broad SMARTS) is 1. The second-order valence-electron chi connectivity index (χ2n) is 3.93. The van der Waals surface area contributed by atoms with Gasteiger partial charge >= 0.3 is 5.97 Å². The Kier molecular flexibility index (Phi) is 18.1. The maximum atomic E-state index is 11.5. The third-order valence-electron chi connectivity index (χ3n) is 1.95. The second kappa shape index (κ2) is 15.4. The highest BCUT2D eigenvalue weighted by atomic mass is 16.4. The minimum absolute atomic E-state index is 0.0321. The molecule has 0 spiro atoms. The van der Waals surface area contributed by atoms with Crippen LogP contribution in [0.2, 0.25) is 0 Å². The van der Waals surface area contributed by atoms with Gasteiger partial charge in [-0.15, -0.1) is 0 Å². The number of hydrogen-bond donors (Lipinski definition) is 3. The number of carbonyl (C=O) groups excluding carboxylic acids is 2. The molecule has 0 aliphatic rings. The fourth-order valence-corrected chi connectivity index (χ4v) is 1.20. The number of primary amides is 1. The topological polar surface area (TPSA) is 113 Å². The molecule has 0 saturated heterocycles. The largest absolute Gasteiger partial charge is 0.481 e. The number of carboxylic acids is 1. The Morgan fingerprint density at radius 3 is 1.90 bits per heavy atom. The molecule has 2 amide bonds. The van der Waals surface area contributed by atoms with E-state index in [2.05, 4.69) is 11.1 Å². The number of carbonyl (C=O) groups is 3. The molecule has 0 aromatic heterocycles. The number of nitrogens with two attached hydrogens (primary N) is 1. The van der Waals surface area contributed by atoms with Gasteiger partial charge in [-0.2, -0.15) is 0 Å². The molecule has 4 N–H and O–H groups in total. The van der Waals surface area contributed by atoms with E-state index < -0.39 is 5.97 Å². The Bertz CT molecular complexity index is 277. The van der Waals surface area contributed by atoms with Crippen LogP contribution in [0.3, 0.4) is 0 Å². The summed E-state index contributed by atoms with van der Waals surface area (Å²) in [6, 6.07) is -0.177. The number of aliphatic carboxylic acids is 1. The average Bonchev–Trinajstić information content (AvgIpc) is 2.30. The van der Waals surface area contributed by atoms with Gasteiger partial charge in [0.2, 0.25) is 11.8 Å². The zero-order valence-corrected chi connectivity index (χ0v) is 13.4. The van der Waals surface area contributed by atoms with Crippen molar-refractivity contribution in [2.75, 3.05) is 20.6 Å². The number of rotatable bonds is 6. The fraction of sp³-hybridized carbons (Fsp3) is 0.769. The van der Waals surface area contributed by atoms with Gasteiger partial charge in [-0.25, -0.2) is 0 Å². The third-order valence-corrected chi connectivity index (χ3v) is 1.95. The molecule has 1 unspecified atom stereocenters. The number of likely N-dealkylation sites (N-methyl/N-ethyl adjacent to an activating group) is 1. The van der Waals surface area contributed by atoms with Crippen LogP contribution in [0.15, 0.2) is 0 Å². The van der Waals surface area contributed by atoms with Crippen LogP contribution >= 0.6 is 0 Å². The van der Waals surface area contributed by atoms with E-state index in [4.69, 9.17) is 5.11 Å². The van der Waals surface area contributed by atoms with Gasteiger partial charge in [0.25, 0.3) is 0 Å². The van der Waals surface area contributed by atoms with E-state index in [1.54, 1.807) is 0 Å². The van der Waals surface area contributed by atoms with E-state index in [0.717, 1.165) is 0 Å². The van der Waals surface area contributed by atoms with E-state index in [-0.39, 0.29) is 30.8 Å². The van der Waals surface area contributed by atoms with Crippen molar-refractivity contribution in [2.24, 2.45) is 5.73 Å². The van der Waals surface area contributed by atoms with Crippen LogP contribution in [0.5, 0.6) is 0 Å². The molecule has 0 aliphatic heterocycles. The van der Waals surface area contributed by atoms with E-state index in [1.807, 2.05) is 39.8 Å². The second-order valence-corrected chi connectivity index (χ2v) is 3.93. The highest BCUT2D eigenvalue weighted by Crippen LogP contribution is 1.98. The molecule has 20 heavy (non-hydrogen) atoms. The first-order chi connectivity index (χ1) is 9.22. The first-order valence-electron chi connectivity index (χ1n) is 6.64. The minimum Gasteiger partial charge on any atom is -0.481 e. The van der Waals surface area contributed by atoms with Crippen molar-refractivity contribution in [3.05, 3.63) is 0 Å². The number of hydrogen-bond acceptors (Lipinski definition) is 4. The molecule has 0 fully saturated rings. The Hall–Kier alpha value is -1.63. The summed E-state index contributed by atoms with van der Waals surface area (Å²) < 4.78 is 0.